The molecule has 1 heterocycles. The van der Waals surface area contributed by atoms with Crippen LogP contribution in [-0.4, -0.2) is 24.5 Å². The molecule has 0 fully saturated rings. The summed E-state index contributed by atoms with van der Waals surface area (Å²) in [6.45, 7) is 5.00. The molecule has 1 aromatic carbocycles. The van der Waals surface area contributed by atoms with E-state index in [1.165, 1.54) is 6.20 Å². The second-order valence-electron chi connectivity index (χ2n) is 4.64. The van der Waals surface area contributed by atoms with E-state index in [1.807, 2.05) is 13.0 Å². The van der Waals surface area contributed by atoms with Gasteiger partial charge < -0.3 is 5.32 Å². The highest BCUT2D eigenvalue weighted by molar-refractivity contribution is 7.93. The van der Waals surface area contributed by atoms with Crippen molar-refractivity contribution in [3.63, 3.8) is 0 Å². The normalized spacial score (nSPS) is 13.0. The molecule has 0 saturated heterocycles. The van der Waals surface area contributed by atoms with E-state index in [2.05, 4.69) is 26.5 Å². The smallest absolute Gasteiger partial charge is 0.262 e. The molecule has 21 heavy (non-hydrogen) atoms. The molecule has 114 valence electrons. The van der Waals surface area contributed by atoms with Crippen LogP contribution >= 0.6 is 11.5 Å². The lowest BCUT2D eigenvalue weighted by Gasteiger charge is -2.15. The Hall–Kier alpha value is -1.51. The number of nitrogens with zero attached hydrogens (tertiary/aromatic N) is 2. The van der Waals surface area contributed by atoms with Crippen molar-refractivity contribution in [1.82, 2.24) is 14.9 Å². The third-order valence-corrected chi connectivity index (χ3v) is 5.04. The van der Waals surface area contributed by atoms with E-state index in [-0.39, 0.29) is 10.9 Å². The minimum absolute atomic E-state index is 0.102. The van der Waals surface area contributed by atoms with Gasteiger partial charge in [0.15, 0.2) is 0 Å². The van der Waals surface area contributed by atoms with Gasteiger partial charge in [-0.3, -0.25) is 4.72 Å². The van der Waals surface area contributed by atoms with Crippen molar-refractivity contribution in [1.29, 1.82) is 0 Å². The molecule has 1 unspecified atom stereocenters. The number of hydrogen-bond acceptors (Lipinski definition) is 6. The second kappa shape index (κ2) is 6.97. The van der Waals surface area contributed by atoms with E-state index in [4.69, 9.17) is 0 Å². The molecule has 0 aliphatic heterocycles. The molecule has 2 aromatic rings. The maximum atomic E-state index is 12.3. The Morgan fingerprint density at radius 3 is 2.86 bits per heavy atom. The topological polar surface area (TPSA) is 84.0 Å². The molecule has 0 spiro atoms. The molecule has 0 bridgehead atoms. The monoisotopic (exact) mass is 326 g/mol. The van der Waals surface area contributed by atoms with Crippen LogP contribution in [0.25, 0.3) is 0 Å². The minimum Gasteiger partial charge on any atom is -0.310 e. The van der Waals surface area contributed by atoms with Gasteiger partial charge in [-0.1, -0.05) is 23.5 Å². The molecule has 0 radical (unpaired) electrons. The van der Waals surface area contributed by atoms with Crippen molar-refractivity contribution in [2.75, 3.05) is 11.3 Å². The summed E-state index contributed by atoms with van der Waals surface area (Å²) < 4.78 is 30.7. The van der Waals surface area contributed by atoms with Crippen molar-refractivity contribution < 1.29 is 8.42 Å². The summed E-state index contributed by atoms with van der Waals surface area (Å²) >= 11 is 1.00. The zero-order valence-electron chi connectivity index (χ0n) is 11.9. The van der Waals surface area contributed by atoms with Crippen molar-refractivity contribution in [3.8, 4) is 0 Å². The molecule has 0 aliphatic rings. The molecule has 0 aliphatic carbocycles. The summed E-state index contributed by atoms with van der Waals surface area (Å²) in [5, 5.41) is 7.35. The highest BCUT2D eigenvalue weighted by atomic mass is 32.2. The van der Waals surface area contributed by atoms with E-state index < -0.39 is 10.0 Å². The maximum absolute atomic E-state index is 12.3. The maximum Gasteiger partial charge on any atom is 0.262 e. The molecular weight excluding hydrogens is 308 g/mol. The summed E-state index contributed by atoms with van der Waals surface area (Å²) in [6, 6.07) is 7.03. The molecular formula is C13H18N4O2S2. The summed E-state index contributed by atoms with van der Waals surface area (Å²) in [4.78, 5) is 0.235. The molecule has 1 atom stereocenters. The van der Waals surface area contributed by atoms with Crippen LogP contribution in [-0.2, 0) is 10.0 Å². The Morgan fingerprint density at radius 2 is 2.19 bits per heavy atom. The Balaban J connectivity index is 2.20. The van der Waals surface area contributed by atoms with E-state index >= 15 is 0 Å². The van der Waals surface area contributed by atoms with Crippen molar-refractivity contribution >= 4 is 26.6 Å². The fourth-order valence-electron chi connectivity index (χ4n) is 1.83. The molecule has 2 rings (SSSR count). The van der Waals surface area contributed by atoms with Gasteiger partial charge in [0.1, 0.15) is 5.00 Å². The quantitative estimate of drug-likeness (QED) is 0.816. The number of sulfonamides is 1. The molecule has 0 saturated carbocycles. The fraction of sp³-hybridized carbons (Fsp3) is 0.385. The first-order chi connectivity index (χ1) is 10.0. The van der Waals surface area contributed by atoms with Gasteiger partial charge in [0.05, 0.1) is 11.1 Å². The van der Waals surface area contributed by atoms with E-state index in [0.29, 0.717) is 5.00 Å². The zero-order chi connectivity index (χ0) is 15.3. The zero-order valence-corrected chi connectivity index (χ0v) is 13.5. The number of benzene rings is 1. The van der Waals surface area contributed by atoms with Gasteiger partial charge in [0.25, 0.3) is 10.0 Å². The van der Waals surface area contributed by atoms with Crippen molar-refractivity contribution in [3.05, 3.63) is 36.0 Å². The predicted molar refractivity (Wildman–Crippen MR) is 83.9 cm³/mol. The van der Waals surface area contributed by atoms with Crippen molar-refractivity contribution in [2.24, 2.45) is 0 Å². The largest absolute Gasteiger partial charge is 0.310 e. The fourth-order valence-corrected chi connectivity index (χ4v) is 3.57. The second-order valence-corrected chi connectivity index (χ2v) is 7.10. The van der Waals surface area contributed by atoms with Gasteiger partial charge in [-0.2, -0.15) is 0 Å². The van der Waals surface area contributed by atoms with Gasteiger partial charge in [-0.25, -0.2) is 8.42 Å². The molecule has 6 nitrogen and oxygen atoms in total. The van der Waals surface area contributed by atoms with Gasteiger partial charge in [0, 0.05) is 17.6 Å². The molecule has 1 aromatic heterocycles. The lowest BCUT2D eigenvalue weighted by molar-refractivity contribution is 0.569. The van der Waals surface area contributed by atoms with Gasteiger partial charge in [-0.15, -0.1) is 5.10 Å². The molecule has 0 amide bonds. The van der Waals surface area contributed by atoms with Crippen LogP contribution in [0.2, 0.25) is 0 Å². The summed E-state index contributed by atoms with van der Waals surface area (Å²) in [5.74, 6) is 0. The number of hydrogen-bond donors (Lipinski definition) is 2. The van der Waals surface area contributed by atoms with E-state index in [0.717, 1.165) is 30.1 Å². The number of aromatic nitrogens is 2. The third-order valence-electron chi connectivity index (χ3n) is 2.97. The lowest BCUT2D eigenvalue weighted by atomic mass is 10.1. The van der Waals surface area contributed by atoms with Gasteiger partial charge >= 0.3 is 0 Å². The van der Waals surface area contributed by atoms with E-state index in [9.17, 15) is 8.42 Å². The van der Waals surface area contributed by atoms with Crippen LogP contribution in [0.3, 0.4) is 0 Å². The predicted octanol–water partition coefficient (Wildman–Crippen LogP) is 2.40. The third kappa shape index (κ3) is 4.23. The average Bonchev–Trinajstić information content (AvgIpc) is 2.97. The van der Waals surface area contributed by atoms with Crippen LogP contribution < -0.4 is 10.0 Å². The van der Waals surface area contributed by atoms with Crippen LogP contribution in [0.4, 0.5) is 5.00 Å². The van der Waals surface area contributed by atoms with Crippen LogP contribution in [0, 0.1) is 0 Å². The highest BCUT2D eigenvalue weighted by Gasteiger charge is 2.16. The summed E-state index contributed by atoms with van der Waals surface area (Å²) in [7, 11) is -3.61. The Kier molecular flexibility index (Phi) is 5.27. The molecule has 8 heteroatoms. The van der Waals surface area contributed by atoms with Crippen LogP contribution in [0.1, 0.15) is 31.9 Å². The van der Waals surface area contributed by atoms with Crippen molar-refractivity contribution in [2.45, 2.75) is 31.2 Å². The summed E-state index contributed by atoms with van der Waals surface area (Å²) in [6.07, 6.45) is 2.42. The standard InChI is InChI=1S/C13H18N4O2S2/c1-3-7-14-10(2)11-5-4-6-12(8-11)21(18,19)16-13-9-15-17-20-13/h4-6,8-10,14,16H,3,7H2,1-2H3. The van der Waals surface area contributed by atoms with Gasteiger partial charge in [-0.05, 0) is 37.6 Å². The van der Waals surface area contributed by atoms with Crippen LogP contribution in [0.15, 0.2) is 35.4 Å². The molecule has 2 N–H and O–H groups in total. The lowest BCUT2D eigenvalue weighted by Crippen LogP contribution is -2.20. The minimum atomic E-state index is -3.61. The number of rotatable bonds is 7. The average molecular weight is 326 g/mol. The summed E-state index contributed by atoms with van der Waals surface area (Å²) in [5.41, 5.74) is 0.939. The van der Waals surface area contributed by atoms with Gasteiger partial charge in [0.2, 0.25) is 0 Å². The number of anilines is 1. The van der Waals surface area contributed by atoms with E-state index in [1.54, 1.807) is 18.2 Å². The Bertz CT molecular complexity index is 671. The number of nitrogens with one attached hydrogen (secondary N) is 2. The Morgan fingerprint density at radius 1 is 1.38 bits per heavy atom. The highest BCUT2D eigenvalue weighted by Crippen LogP contribution is 2.21. The SMILES string of the molecule is CCCNC(C)c1cccc(S(=O)(=O)Nc2cnns2)c1. The Labute approximate surface area is 128 Å². The first-order valence-electron chi connectivity index (χ1n) is 6.66. The first-order valence-corrected chi connectivity index (χ1v) is 8.92. The van der Waals surface area contributed by atoms with Crippen LogP contribution in [0.5, 0.6) is 0 Å². The first kappa shape index (κ1) is 15.9.